The van der Waals surface area contributed by atoms with Crippen LogP contribution in [0, 0.1) is 0 Å². The van der Waals surface area contributed by atoms with Crippen molar-refractivity contribution < 1.29 is 9.47 Å². The second-order valence-corrected chi connectivity index (χ2v) is 6.63. The molecule has 16 heavy (non-hydrogen) atoms. The molecular weight excluding hydrogens is 404 g/mol. The molecular formula is C11H11Br3O2. The smallest absolute Gasteiger partial charge is 0.134 e. The van der Waals surface area contributed by atoms with E-state index < -0.39 is 0 Å². The van der Waals surface area contributed by atoms with E-state index >= 15 is 0 Å². The molecule has 0 spiro atoms. The van der Waals surface area contributed by atoms with E-state index in [0.29, 0.717) is 4.83 Å². The van der Waals surface area contributed by atoms with Crippen molar-refractivity contribution in [3.8, 4) is 5.75 Å². The van der Waals surface area contributed by atoms with Crippen molar-refractivity contribution in [2.45, 2.75) is 23.5 Å². The van der Waals surface area contributed by atoms with Gasteiger partial charge in [-0.15, -0.1) is 0 Å². The van der Waals surface area contributed by atoms with Gasteiger partial charge in [0.2, 0.25) is 0 Å². The van der Waals surface area contributed by atoms with E-state index in [4.69, 9.17) is 9.47 Å². The molecule has 0 saturated heterocycles. The molecule has 0 radical (unpaired) electrons. The molecule has 0 amide bonds. The fourth-order valence-corrected chi connectivity index (χ4v) is 3.74. The summed E-state index contributed by atoms with van der Waals surface area (Å²) in [5, 5.41) is 0. The minimum absolute atomic E-state index is 0.131. The van der Waals surface area contributed by atoms with E-state index in [9.17, 15) is 0 Å². The van der Waals surface area contributed by atoms with Crippen LogP contribution < -0.4 is 4.74 Å². The van der Waals surface area contributed by atoms with Crippen molar-refractivity contribution in [2.75, 3.05) is 7.11 Å². The first kappa shape index (κ1) is 12.9. The molecule has 1 aliphatic rings. The van der Waals surface area contributed by atoms with Crippen molar-refractivity contribution >= 4 is 47.8 Å². The van der Waals surface area contributed by atoms with Gasteiger partial charge in [-0.2, -0.15) is 0 Å². The number of halogens is 3. The Labute approximate surface area is 120 Å². The van der Waals surface area contributed by atoms with Crippen molar-refractivity contribution in [1.29, 1.82) is 0 Å². The fraction of sp³-hybridized carbons (Fsp3) is 0.455. The van der Waals surface area contributed by atoms with Gasteiger partial charge in [0.25, 0.3) is 0 Å². The summed E-state index contributed by atoms with van der Waals surface area (Å²) in [6, 6.07) is 5.88. The molecule has 0 aromatic heterocycles. The minimum atomic E-state index is 0.131. The highest BCUT2D eigenvalue weighted by Gasteiger charge is 2.41. The van der Waals surface area contributed by atoms with Crippen LogP contribution in [0.1, 0.15) is 6.42 Å². The number of benzene rings is 1. The van der Waals surface area contributed by atoms with E-state index in [1.165, 1.54) is 0 Å². The van der Waals surface area contributed by atoms with Crippen LogP contribution in [-0.2, 0) is 4.74 Å². The molecule has 1 aliphatic carbocycles. The Balaban J connectivity index is 2.04. The average Bonchev–Trinajstić information content (AvgIpc) is 2.21. The lowest BCUT2D eigenvalue weighted by Crippen LogP contribution is -2.51. The van der Waals surface area contributed by atoms with Crippen molar-refractivity contribution in [2.24, 2.45) is 0 Å². The van der Waals surface area contributed by atoms with Crippen LogP contribution in [0.25, 0.3) is 0 Å². The highest BCUT2D eigenvalue weighted by molar-refractivity contribution is 9.11. The molecule has 0 aliphatic heterocycles. The number of hydrogen-bond donors (Lipinski definition) is 0. The summed E-state index contributed by atoms with van der Waals surface area (Å²) in [6.07, 6.45) is 1.24. The molecule has 1 fully saturated rings. The van der Waals surface area contributed by atoms with Gasteiger partial charge < -0.3 is 9.47 Å². The van der Waals surface area contributed by atoms with Gasteiger partial charge in [0.05, 0.1) is 4.47 Å². The van der Waals surface area contributed by atoms with Gasteiger partial charge in [0.15, 0.2) is 0 Å². The largest absolute Gasteiger partial charge is 0.486 e. The van der Waals surface area contributed by atoms with Gasteiger partial charge in [-0.3, -0.25) is 0 Å². The lowest BCUT2D eigenvalue weighted by Gasteiger charge is -2.40. The topological polar surface area (TPSA) is 18.5 Å². The number of ether oxygens (including phenoxy) is 2. The van der Waals surface area contributed by atoms with Crippen LogP contribution >= 0.6 is 47.8 Å². The maximum atomic E-state index is 5.89. The average molecular weight is 415 g/mol. The highest BCUT2D eigenvalue weighted by atomic mass is 79.9. The van der Waals surface area contributed by atoms with Gasteiger partial charge in [-0.25, -0.2) is 0 Å². The standard InChI is InChI=1S/C11H11Br3O2/c1-15-11-8(14)5-10(11)16-9-3-2-6(12)4-7(9)13/h2-4,8,10-11H,5H2,1H3. The van der Waals surface area contributed by atoms with Crippen molar-refractivity contribution in [3.63, 3.8) is 0 Å². The van der Waals surface area contributed by atoms with Gasteiger partial charge in [0, 0.05) is 22.8 Å². The zero-order valence-electron chi connectivity index (χ0n) is 8.62. The van der Waals surface area contributed by atoms with Gasteiger partial charge in [-0.1, -0.05) is 31.9 Å². The predicted octanol–water partition coefficient (Wildman–Crippen LogP) is 4.14. The summed E-state index contributed by atoms with van der Waals surface area (Å²) in [4.78, 5) is 0.400. The SMILES string of the molecule is COC1C(Br)CC1Oc1ccc(Br)cc1Br. The number of methoxy groups -OCH3 is 1. The van der Waals surface area contributed by atoms with Crippen LogP contribution in [0.15, 0.2) is 27.1 Å². The van der Waals surface area contributed by atoms with Gasteiger partial charge in [0.1, 0.15) is 18.0 Å². The Kier molecular flexibility index (Phi) is 4.32. The van der Waals surface area contributed by atoms with E-state index in [-0.39, 0.29) is 12.2 Å². The third kappa shape index (κ3) is 2.63. The van der Waals surface area contributed by atoms with Crippen molar-refractivity contribution in [3.05, 3.63) is 27.1 Å². The maximum Gasteiger partial charge on any atom is 0.134 e. The fourth-order valence-electron chi connectivity index (χ4n) is 1.68. The van der Waals surface area contributed by atoms with Crippen LogP contribution in [0.4, 0.5) is 0 Å². The molecule has 2 rings (SSSR count). The summed E-state index contributed by atoms with van der Waals surface area (Å²) < 4.78 is 13.2. The molecule has 1 aromatic rings. The van der Waals surface area contributed by atoms with E-state index in [1.54, 1.807) is 7.11 Å². The third-order valence-corrected chi connectivity index (χ3v) is 4.63. The molecule has 1 saturated carbocycles. The zero-order chi connectivity index (χ0) is 11.7. The second-order valence-electron chi connectivity index (χ2n) is 3.68. The molecule has 3 atom stereocenters. The number of alkyl halides is 1. The second kappa shape index (κ2) is 5.38. The first-order valence-corrected chi connectivity index (χ1v) is 7.40. The molecule has 0 heterocycles. The summed E-state index contributed by atoms with van der Waals surface area (Å²) in [7, 11) is 1.71. The maximum absolute atomic E-state index is 5.89. The van der Waals surface area contributed by atoms with Crippen LogP contribution in [-0.4, -0.2) is 24.1 Å². The predicted molar refractivity (Wildman–Crippen MR) is 74.4 cm³/mol. The Morgan fingerprint density at radius 1 is 1.31 bits per heavy atom. The summed E-state index contributed by atoms with van der Waals surface area (Å²) in [6.45, 7) is 0. The van der Waals surface area contributed by atoms with E-state index in [0.717, 1.165) is 21.1 Å². The third-order valence-electron chi connectivity index (χ3n) is 2.62. The first-order valence-electron chi connectivity index (χ1n) is 4.90. The Bertz CT molecular complexity index is 383. The number of hydrogen-bond acceptors (Lipinski definition) is 2. The van der Waals surface area contributed by atoms with Crippen molar-refractivity contribution in [1.82, 2.24) is 0 Å². The molecule has 88 valence electrons. The van der Waals surface area contributed by atoms with E-state index in [2.05, 4.69) is 47.8 Å². The minimum Gasteiger partial charge on any atom is -0.486 e. The van der Waals surface area contributed by atoms with Crippen LogP contribution in [0.5, 0.6) is 5.75 Å². The summed E-state index contributed by atoms with van der Waals surface area (Å²) in [5.41, 5.74) is 0. The van der Waals surface area contributed by atoms with Gasteiger partial charge >= 0.3 is 0 Å². The monoisotopic (exact) mass is 412 g/mol. The first-order chi connectivity index (χ1) is 7.61. The molecule has 0 N–H and O–H groups in total. The summed E-state index contributed by atoms with van der Waals surface area (Å²) >= 11 is 10.4. The highest BCUT2D eigenvalue weighted by Crippen LogP contribution is 2.36. The molecule has 3 unspecified atom stereocenters. The lowest BCUT2D eigenvalue weighted by molar-refractivity contribution is -0.0547. The number of rotatable bonds is 3. The van der Waals surface area contributed by atoms with Crippen LogP contribution in [0.3, 0.4) is 0 Å². The molecule has 5 heteroatoms. The molecule has 1 aromatic carbocycles. The molecule has 2 nitrogen and oxygen atoms in total. The zero-order valence-corrected chi connectivity index (χ0v) is 13.4. The Hall–Kier alpha value is 0.420. The lowest BCUT2D eigenvalue weighted by atomic mass is 9.91. The van der Waals surface area contributed by atoms with Crippen LogP contribution in [0.2, 0.25) is 0 Å². The van der Waals surface area contributed by atoms with E-state index in [1.807, 2.05) is 18.2 Å². The molecule has 0 bridgehead atoms. The summed E-state index contributed by atoms with van der Waals surface area (Å²) in [5.74, 6) is 0.856. The Morgan fingerprint density at radius 2 is 2.06 bits per heavy atom. The Morgan fingerprint density at radius 3 is 2.62 bits per heavy atom. The quantitative estimate of drug-likeness (QED) is 0.692. The normalized spacial score (nSPS) is 28.6. The van der Waals surface area contributed by atoms with Gasteiger partial charge in [-0.05, 0) is 34.1 Å².